The maximum Gasteiger partial charge on any atom is 0.233 e. The van der Waals surface area contributed by atoms with E-state index in [0.717, 1.165) is 18.7 Å². The van der Waals surface area contributed by atoms with Crippen LogP contribution in [0, 0.1) is 5.92 Å². The molecule has 1 N–H and O–H groups in total. The molecule has 5 nitrogen and oxygen atoms in total. The molecule has 1 aliphatic heterocycles. The second-order valence-corrected chi connectivity index (χ2v) is 7.72. The summed E-state index contributed by atoms with van der Waals surface area (Å²) in [6, 6.07) is 9.59. The number of rotatable bonds is 7. The molecule has 0 aromatic heterocycles. The maximum atomic E-state index is 12.2. The predicted molar refractivity (Wildman–Crippen MR) is 93.4 cm³/mol. The molecule has 0 amide bonds. The molecular formula is C17H26N2O3S. The molecule has 0 spiro atoms. The Morgan fingerprint density at radius 3 is 2.48 bits per heavy atom. The molecule has 1 aromatic rings. The first-order valence-corrected chi connectivity index (χ1v) is 9.57. The topological polar surface area (TPSA) is 58.6 Å². The number of sulfonamides is 1. The third kappa shape index (κ3) is 6.06. The summed E-state index contributed by atoms with van der Waals surface area (Å²) in [7, 11) is -3.44. The van der Waals surface area contributed by atoms with Crippen molar-refractivity contribution >= 4 is 16.1 Å². The van der Waals surface area contributed by atoms with Crippen LogP contribution in [0.5, 0.6) is 0 Å². The van der Waals surface area contributed by atoms with Gasteiger partial charge >= 0.3 is 0 Å². The van der Waals surface area contributed by atoms with Crippen molar-refractivity contribution in [2.45, 2.75) is 19.9 Å². The lowest BCUT2D eigenvalue weighted by molar-refractivity contribution is 0.00778. The molecule has 0 bridgehead atoms. The molecule has 2 rings (SSSR count). The molecule has 0 unspecified atom stereocenters. The monoisotopic (exact) mass is 338 g/mol. The quantitative estimate of drug-likeness (QED) is 0.825. The number of benzene rings is 1. The van der Waals surface area contributed by atoms with Gasteiger partial charge < -0.3 is 4.74 Å². The fourth-order valence-electron chi connectivity index (χ4n) is 2.68. The Balaban J connectivity index is 1.94. The fraction of sp³-hybridized carbons (Fsp3) is 0.529. The summed E-state index contributed by atoms with van der Waals surface area (Å²) in [5, 5.41) is 1.24. The van der Waals surface area contributed by atoms with Crippen LogP contribution in [-0.2, 0) is 14.8 Å². The zero-order valence-electron chi connectivity index (χ0n) is 13.8. The Kier molecular flexibility index (Phi) is 6.77. The molecule has 6 heteroatoms. The fourth-order valence-corrected chi connectivity index (χ4v) is 3.51. The molecule has 1 aromatic carbocycles. The van der Waals surface area contributed by atoms with Crippen LogP contribution in [-0.4, -0.2) is 52.2 Å². The molecular weight excluding hydrogens is 312 g/mol. The van der Waals surface area contributed by atoms with Crippen molar-refractivity contribution < 1.29 is 13.2 Å². The van der Waals surface area contributed by atoms with E-state index in [-0.39, 0.29) is 6.04 Å². The van der Waals surface area contributed by atoms with Gasteiger partial charge in [0, 0.05) is 31.1 Å². The number of morpholine rings is 1. The minimum atomic E-state index is -3.44. The maximum absolute atomic E-state index is 12.2. The number of hydrogen-bond donors (Lipinski definition) is 1. The normalized spacial score (nSPS) is 18.6. The highest BCUT2D eigenvalue weighted by Gasteiger charge is 2.24. The molecule has 1 aliphatic rings. The van der Waals surface area contributed by atoms with Crippen molar-refractivity contribution in [2.24, 2.45) is 5.92 Å². The van der Waals surface area contributed by atoms with Crippen LogP contribution in [0.1, 0.15) is 19.4 Å². The minimum Gasteiger partial charge on any atom is -0.379 e. The van der Waals surface area contributed by atoms with Gasteiger partial charge in [0.15, 0.2) is 0 Å². The molecule has 23 heavy (non-hydrogen) atoms. The minimum absolute atomic E-state index is 0.179. The van der Waals surface area contributed by atoms with Crippen molar-refractivity contribution in [3.8, 4) is 0 Å². The SMILES string of the molecule is CC(C)[C@H](CNS(=O)(=O)/C=C/c1ccccc1)N1CCOCC1. The Morgan fingerprint density at radius 1 is 1.22 bits per heavy atom. The molecule has 0 saturated carbocycles. The lowest BCUT2D eigenvalue weighted by atomic mass is 10.0. The van der Waals surface area contributed by atoms with Crippen molar-refractivity contribution in [1.29, 1.82) is 0 Å². The van der Waals surface area contributed by atoms with Crippen LogP contribution < -0.4 is 4.72 Å². The summed E-state index contributed by atoms with van der Waals surface area (Å²) >= 11 is 0. The molecule has 1 heterocycles. The van der Waals surface area contributed by atoms with E-state index in [4.69, 9.17) is 4.74 Å². The van der Waals surface area contributed by atoms with Gasteiger partial charge in [-0.1, -0.05) is 44.2 Å². The zero-order chi connectivity index (χ0) is 16.7. The lowest BCUT2D eigenvalue weighted by Crippen LogP contribution is -2.50. The number of nitrogens with one attached hydrogen (secondary N) is 1. The van der Waals surface area contributed by atoms with E-state index in [1.165, 1.54) is 5.41 Å². The summed E-state index contributed by atoms with van der Waals surface area (Å²) in [6.45, 7) is 7.78. The largest absolute Gasteiger partial charge is 0.379 e. The van der Waals surface area contributed by atoms with Crippen LogP contribution >= 0.6 is 0 Å². The van der Waals surface area contributed by atoms with Crippen molar-refractivity contribution in [1.82, 2.24) is 9.62 Å². The summed E-state index contributed by atoms with van der Waals surface area (Å²) in [5.74, 6) is 0.369. The molecule has 1 saturated heterocycles. The Bertz CT molecular complexity index is 594. The Labute approximate surface area is 139 Å². The average Bonchev–Trinajstić information content (AvgIpc) is 2.55. The molecule has 1 atom stereocenters. The van der Waals surface area contributed by atoms with E-state index in [1.807, 2.05) is 30.3 Å². The van der Waals surface area contributed by atoms with E-state index < -0.39 is 10.0 Å². The molecule has 1 fully saturated rings. The number of hydrogen-bond acceptors (Lipinski definition) is 4. The van der Waals surface area contributed by atoms with Gasteiger partial charge in [-0.25, -0.2) is 13.1 Å². The second-order valence-electron chi connectivity index (χ2n) is 6.07. The predicted octanol–water partition coefficient (Wildman–Crippen LogP) is 1.93. The van der Waals surface area contributed by atoms with Crippen molar-refractivity contribution in [3.63, 3.8) is 0 Å². The standard InChI is InChI=1S/C17H26N2O3S/c1-15(2)17(19-9-11-22-12-10-19)14-18-23(20,21)13-8-16-6-4-3-5-7-16/h3-8,13,15,17-18H,9-12,14H2,1-2H3/b13-8+/t17-/m0/s1. The van der Waals surface area contributed by atoms with E-state index in [1.54, 1.807) is 6.08 Å². The van der Waals surface area contributed by atoms with Gasteiger partial charge in [0.05, 0.1) is 13.2 Å². The number of nitrogens with zero attached hydrogens (tertiary/aromatic N) is 1. The van der Waals surface area contributed by atoms with E-state index in [0.29, 0.717) is 25.7 Å². The summed E-state index contributed by atoms with van der Waals surface area (Å²) in [6.07, 6.45) is 1.61. The van der Waals surface area contributed by atoms with Gasteiger partial charge in [0.25, 0.3) is 0 Å². The van der Waals surface area contributed by atoms with E-state index >= 15 is 0 Å². The van der Waals surface area contributed by atoms with Crippen molar-refractivity contribution in [3.05, 3.63) is 41.3 Å². The summed E-state index contributed by atoms with van der Waals surface area (Å²) in [4.78, 5) is 2.30. The molecule has 0 radical (unpaired) electrons. The summed E-state index contributed by atoms with van der Waals surface area (Å²) < 4.78 is 32.4. The van der Waals surface area contributed by atoms with Crippen LogP contribution in [0.15, 0.2) is 35.7 Å². The van der Waals surface area contributed by atoms with Crippen LogP contribution in [0.2, 0.25) is 0 Å². The summed E-state index contributed by atoms with van der Waals surface area (Å²) in [5.41, 5.74) is 0.867. The Morgan fingerprint density at radius 2 is 1.87 bits per heavy atom. The second kappa shape index (κ2) is 8.59. The highest BCUT2D eigenvalue weighted by molar-refractivity contribution is 7.92. The van der Waals surface area contributed by atoms with Gasteiger partial charge in [-0.05, 0) is 17.6 Å². The van der Waals surface area contributed by atoms with Gasteiger partial charge in [0.1, 0.15) is 0 Å². The zero-order valence-corrected chi connectivity index (χ0v) is 14.6. The highest BCUT2D eigenvalue weighted by atomic mass is 32.2. The average molecular weight is 338 g/mol. The van der Waals surface area contributed by atoms with Crippen LogP contribution in [0.25, 0.3) is 6.08 Å². The van der Waals surface area contributed by atoms with E-state index in [9.17, 15) is 8.42 Å². The first kappa shape index (κ1) is 18.1. The third-order valence-corrected chi connectivity index (χ3v) is 5.08. The Hall–Kier alpha value is -1.21. The van der Waals surface area contributed by atoms with Crippen LogP contribution in [0.4, 0.5) is 0 Å². The third-order valence-electron chi connectivity index (χ3n) is 4.02. The molecule has 128 valence electrons. The first-order valence-electron chi connectivity index (χ1n) is 8.02. The van der Waals surface area contributed by atoms with E-state index in [2.05, 4.69) is 23.5 Å². The van der Waals surface area contributed by atoms with Gasteiger partial charge in [-0.3, -0.25) is 4.90 Å². The van der Waals surface area contributed by atoms with Gasteiger partial charge in [0.2, 0.25) is 10.0 Å². The first-order chi connectivity index (χ1) is 11.0. The highest BCUT2D eigenvalue weighted by Crippen LogP contribution is 2.13. The smallest absolute Gasteiger partial charge is 0.233 e. The van der Waals surface area contributed by atoms with Gasteiger partial charge in [-0.2, -0.15) is 0 Å². The van der Waals surface area contributed by atoms with Crippen LogP contribution in [0.3, 0.4) is 0 Å². The van der Waals surface area contributed by atoms with Crippen molar-refractivity contribution in [2.75, 3.05) is 32.8 Å². The van der Waals surface area contributed by atoms with Gasteiger partial charge in [-0.15, -0.1) is 0 Å². The number of ether oxygens (including phenoxy) is 1. The molecule has 0 aliphatic carbocycles. The lowest BCUT2D eigenvalue weighted by Gasteiger charge is -2.36.